The normalized spacial score (nSPS) is 21.3. The van der Waals surface area contributed by atoms with Crippen LogP contribution in [0.25, 0.3) is 0 Å². The molecule has 0 bridgehead atoms. The minimum Gasteiger partial charge on any atom is -0.316 e. The van der Waals surface area contributed by atoms with E-state index in [1.54, 1.807) is 0 Å². The molecule has 0 aromatic carbocycles. The molecule has 20 heavy (non-hydrogen) atoms. The molecular formula is C17H37N3. The Morgan fingerprint density at radius 3 is 2.15 bits per heavy atom. The maximum absolute atomic E-state index is 3.68. The Hall–Kier alpha value is -0.120. The fraction of sp³-hybridized carbons (Fsp3) is 1.00. The van der Waals surface area contributed by atoms with Crippen molar-refractivity contribution >= 4 is 0 Å². The molecular weight excluding hydrogens is 246 g/mol. The molecule has 1 N–H and O–H groups in total. The van der Waals surface area contributed by atoms with E-state index < -0.39 is 0 Å². The zero-order valence-corrected chi connectivity index (χ0v) is 14.5. The van der Waals surface area contributed by atoms with Crippen molar-refractivity contribution < 1.29 is 0 Å². The van der Waals surface area contributed by atoms with Crippen LogP contribution in [-0.2, 0) is 0 Å². The predicted octanol–water partition coefficient (Wildman–Crippen LogP) is 2.68. The lowest BCUT2D eigenvalue weighted by Crippen LogP contribution is -2.51. The fourth-order valence-electron chi connectivity index (χ4n) is 3.29. The van der Waals surface area contributed by atoms with Crippen molar-refractivity contribution in [3.63, 3.8) is 0 Å². The van der Waals surface area contributed by atoms with E-state index in [0.717, 1.165) is 19.0 Å². The largest absolute Gasteiger partial charge is 0.316 e. The highest BCUT2D eigenvalue weighted by Crippen LogP contribution is 2.24. The smallest absolute Gasteiger partial charge is 0.0110 e. The highest BCUT2D eigenvalue weighted by molar-refractivity contribution is 4.83. The number of likely N-dealkylation sites (N-methyl/N-ethyl adjacent to an activating group) is 1. The van der Waals surface area contributed by atoms with Crippen molar-refractivity contribution in [1.29, 1.82) is 0 Å². The number of nitrogens with one attached hydrogen (secondary N) is 1. The molecule has 1 rings (SSSR count). The first-order chi connectivity index (χ1) is 9.49. The zero-order valence-electron chi connectivity index (χ0n) is 14.5. The van der Waals surface area contributed by atoms with Crippen LogP contribution in [0.2, 0.25) is 0 Å². The fourth-order valence-corrected chi connectivity index (χ4v) is 3.29. The van der Waals surface area contributed by atoms with Gasteiger partial charge >= 0.3 is 0 Å². The highest BCUT2D eigenvalue weighted by atomic mass is 15.3. The number of hydrogen-bond acceptors (Lipinski definition) is 3. The minimum atomic E-state index is 0.429. The van der Waals surface area contributed by atoms with Crippen molar-refractivity contribution in [2.75, 3.05) is 52.4 Å². The van der Waals surface area contributed by atoms with Crippen LogP contribution in [0.15, 0.2) is 0 Å². The molecule has 120 valence electrons. The van der Waals surface area contributed by atoms with Crippen LogP contribution >= 0.6 is 0 Å². The van der Waals surface area contributed by atoms with E-state index in [-0.39, 0.29) is 0 Å². The van der Waals surface area contributed by atoms with Crippen molar-refractivity contribution in [3.05, 3.63) is 0 Å². The van der Waals surface area contributed by atoms with E-state index in [4.69, 9.17) is 0 Å². The summed E-state index contributed by atoms with van der Waals surface area (Å²) in [6, 6.07) is 0. The molecule has 1 saturated heterocycles. The van der Waals surface area contributed by atoms with Gasteiger partial charge in [0.2, 0.25) is 0 Å². The van der Waals surface area contributed by atoms with Crippen molar-refractivity contribution in [2.24, 2.45) is 11.3 Å². The second-order valence-corrected chi connectivity index (χ2v) is 7.30. The third-order valence-electron chi connectivity index (χ3n) is 4.48. The summed E-state index contributed by atoms with van der Waals surface area (Å²) >= 11 is 0. The first-order valence-electron chi connectivity index (χ1n) is 8.64. The highest BCUT2D eigenvalue weighted by Gasteiger charge is 2.27. The summed E-state index contributed by atoms with van der Waals surface area (Å²) in [5, 5.41) is 3.68. The van der Waals surface area contributed by atoms with E-state index in [1.807, 2.05) is 0 Å². The van der Waals surface area contributed by atoms with Crippen molar-refractivity contribution in [1.82, 2.24) is 15.1 Å². The molecule has 1 atom stereocenters. The van der Waals surface area contributed by atoms with Crippen molar-refractivity contribution in [2.45, 2.75) is 47.5 Å². The first kappa shape index (κ1) is 17.9. The molecule has 0 aromatic rings. The molecule has 1 aliphatic heterocycles. The Kier molecular flexibility index (Phi) is 8.08. The van der Waals surface area contributed by atoms with Gasteiger partial charge in [-0.05, 0) is 30.8 Å². The van der Waals surface area contributed by atoms with Crippen LogP contribution in [-0.4, -0.2) is 62.2 Å². The average molecular weight is 284 g/mol. The molecule has 1 fully saturated rings. The molecule has 0 spiro atoms. The Balaban J connectivity index is 2.40. The average Bonchev–Trinajstić information content (AvgIpc) is 2.39. The third-order valence-corrected chi connectivity index (χ3v) is 4.48. The number of hydrogen-bond donors (Lipinski definition) is 1. The Morgan fingerprint density at radius 1 is 1.05 bits per heavy atom. The molecule has 3 nitrogen and oxygen atoms in total. The molecule has 3 heteroatoms. The Bertz CT molecular complexity index is 247. The lowest BCUT2D eigenvalue weighted by molar-refractivity contribution is 0.0880. The third kappa shape index (κ3) is 6.55. The van der Waals surface area contributed by atoms with E-state index in [1.165, 1.54) is 52.1 Å². The van der Waals surface area contributed by atoms with Crippen LogP contribution < -0.4 is 5.32 Å². The maximum Gasteiger partial charge on any atom is 0.0110 e. The summed E-state index contributed by atoms with van der Waals surface area (Å²) in [7, 11) is 0. The quantitative estimate of drug-likeness (QED) is 0.702. The minimum absolute atomic E-state index is 0.429. The molecule has 1 unspecified atom stereocenters. The summed E-state index contributed by atoms with van der Waals surface area (Å²) in [6.45, 7) is 21.4. The molecule has 0 saturated carbocycles. The lowest BCUT2D eigenvalue weighted by atomic mass is 9.84. The Morgan fingerprint density at radius 2 is 1.65 bits per heavy atom. The first-order valence-corrected chi connectivity index (χ1v) is 8.64. The molecule has 0 amide bonds. The van der Waals surface area contributed by atoms with Gasteiger partial charge in [0, 0.05) is 39.3 Å². The summed E-state index contributed by atoms with van der Waals surface area (Å²) in [6.07, 6.45) is 2.61. The number of piperazine rings is 1. The molecule has 0 aromatic heterocycles. The molecule has 0 radical (unpaired) electrons. The zero-order chi connectivity index (χ0) is 15.0. The summed E-state index contributed by atoms with van der Waals surface area (Å²) in [5.41, 5.74) is 0.429. The van der Waals surface area contributed by atoms with Gasteiger partial charge in [0.15, 0.2) is 0 Å². The lowest BCUT2D eigenvalue weighted by Gasteiger charge is -2.40. The van der Waals surface area contributed by atoms with Crippen LogP contribution in [0, 0.1) is 11.3 Å². The van der Waals surface area contributed by atoms with Crippen LogP contribution in [0.1, 0.15) is 47.5 Å². The van der Waals surface area contributed by atoms with Gasteiger partial charge in [0.1, 0.15) is 0 Å². The van der Waals surface area contributed by atoms with Gasteiger partial charge in [0.05, 0.1) is 0 Å². The van der Waals surface area contributed by atoms with Gasteiger partial charge < -0.3 is 15.1 Å². The van der Waals surface area contributed by atoms with E-state index >= 15 is 0 Å². The van der Waals surface area contributed by atoms with Gasteiger partial charge in [-0.1, -0.05) is 41.0 Å². The topological polar surface area (TPSA) is 18.5 Å². The number of nitrogens with zero attached hydrogens (tertiary/aromatic N) is 2. The second-order valence-electron chi connectivity index (χ2n) is 7.30. The number of rotatable bonds is 9. The predicted molar refractivity (Wildman–Crippen MR) is 89.3 cm³/mol. The van der Waals surface area contributed by atoms with E-state index in [9.17, 15) is 0 Å². The van der Waals surface area contributed by atoms with Crippen molar-refractivity contribution in [3.8, 4) is 0 Å². The summed E-state index contributed by atoms with van der Waals surface area (Å²) in [5.74, 6) is 0.744. The van der Waals surface area contributed by atoms with Gasteiger partial charge in [-0.25, -0.2) is 0 Å². The van der Waals surface area contributed by atoms with E-state index in [0.29, 0.717) is 5.41 Å². The standard InChI is InChI=1S/C17H37N3/c1-6-8-17(5,14-18-13-16(3)4)15-20-11-9-19(7-2)10-12-20/h16,18H,6-15H2,1-5H3. The van der Waals surface area contributed by atoms with Crippen LogP contribution in [0.4, 0.5) is 0 Å². The van der Waals surface area contributed by atoms with Gasteiger partial charge in [0.25, 0.3) is 0 Å². The molecule has 1 heterocycles. The monoisotopic (exact) mass is 283 g/mol. The maximum atomic E-state index is 3.68. The molecule has 0 aliphatic carbocycles. The summed E-state index contributed by atoms with van der Waals surface area (Å²) < 4.78 is 0. The van der Waals surface area contributed by atoms with Crippen LogP contribution in [0.3, 0.4) is 0 Å². The Labute approximate surface area is 127 Å². The SMILES string of the molecule is CCCC(C)(CNCC(C)C)CN1CCN(CC)CC1. The van der Waals surface area contributed by atoms with Gasteiger partial charge in [-0.15, -0.1) is 0 Å². The van der Waals surface area contributed by atoms with Crippen LogP contribution in [0.5, 0.6) is 0 Å². The van der Waals surface area contributed by atoms with E-state index in [2.05, 4.69) is 49.7 Å². The molecule has 1 aliphatic rings. The summed E-state index contributed by atoms with van der Waals surface area (Å²) in [4.78, 5) is 5.24. The van der Waals surface area contributed by atoms with Gasteiger partial charge in [-0.3, -0.25) is 0 Å². The van der Waals surface area contributed by atoms with Gasteiger partial charge in [-0.2, -0.15) is 0 Å². The second kappa shape index (κ2) is 9.01.